The molecule has 0 radical (unpaired) electrons. The highest BCUT2D eigenvalue weighted by Crippen LogP contribution is 2.34. The van der Waals surface area contributed by atoms with Gasteiger partial charge < -0.3 is 19.4 Å². The third-order valence-electron chi connectivity index (χ3n) is 4.74. The number of methoxy groups -OCH3 is 1. The van der Waals surface area contributed by atoms with Crippen LogP contribution in [0, 0.1) is 0 Å². The first kappa shape index (κ1) is 15.1. The first-order valence-corrected chi connectivity index (χ1v) is 8.31. The third-order valence-corrected chi connectivity index (χ3v) is 4.74. The number of hydrogen-bond acceptors (Lipinski definition) is 3. The Labute approximate surface area is 142 Å². The summed E-state index contributed by atoms with van der Waals surface area (Å²) in [5.74, 6) is 1.71. The van der Waals surface area contributed by atoms with Gasteiger partial charge in [-0.05, 0) is 29.7 Å². The number of nitrogens with zero attached hydrogens (tertiary/aromatic N) is 1. The average molecular weight is 322 g/mol. The Hall–Kier alpha value is -2.46. The first-order valence-electron chi connectivity index (χ1n) is 8.31. The molecular weight excluding hydrogens is 300 g/mol. The van der Waals surface area contributed by atoms with Crippen LogP contribution >= 0.6 is 0 Å². The molecular formula is C20H22N2O2. The van der Waals surface area contributed by atoms with E-state index in [9.17, 15) is 0 Å². The largest absolute Gasteiger partial charge is 0.493 e. The van der Waals surface area contributed by atoms with Crippen LogP contribution in [0.15, 0.2) is 48.7 Å². The Kier molecular flexibility index (Phi) is 3.90. The molecule has 0 saturated heterocycles. The Morgan fingerprint density at radius 1 is 1.21 bits per heavy atom. The molecule has 1 unspecified atom stereocenters. The molecule has 0 bridgehead atoms. The normalized spacial score (nSPS) is 16.7. The van der Waals surface area contributed by atoms with Crippen molar-refractivity contribution in [3.63, 3.8) is 0 Å². The van der Waals surface area contributed by atoms with E-state index in [-0.39, 0.29) is 0 Å². The van der Waals surface area contributed by atoms with Crippen molar-refractivity contribution >= 4 is 10.9 Å². The molecule has 0 aliphatic carbocycles. The minimum atomic E-state index is 0.309. The highest BCUT2D eigenvalue weighted by atomic mass is 16.5. The van der Waals surface area contributed by atoms with Crippen LogP contribution in [-0.4, -0.2) is 24.3 Å². The van der Waals surface area contributed by atoms with Gasteiger partial charge >= 0.3 is 0 Å². The van der Waals surface area contributed by atoms with Crippen LogP contribution < -0.4 is 14.8 Å². The molecule has 24 heavy (non-hydrogen) atoms. The van der Waals surface area contributed by atoms with Crippen molar-refractivity contribution in [2.75, 3.05) is 13.7 Å². The lowest BCUT2D eigenvalue weighted by Crippen LogP contribution is -2.38. The minimum absolute atomic E-state index is 0.309. The molecule has 2 heterocycles. The molecule has 4 heteroatoms. The van der Waals surface area contributed by atoms with E-state index in [1.54, 1.807) is 7.11 Å². The molecule has 1 aliphatic rings. The summed E-state index contributed by atoms with van der Waals surface area (Å²) in [5.41, 5.74) is 3.80. The van der Waals surface area contributed by atoms with E-state index >= 15 is 0 Å². The van der Waals surface area contributed by atoms with E-state index < -0.39 is 0 Å². The van der Waals surface area contributed by atoms with Crippen LogP contribution in [0.2, 0.25) is 0 Å². The lowest BCUT2D eigenvalue weighted by atomic mass is 10.0. The van der Waals surface area contributed by atoms with E-state index in [1.807, 2.05) is 12.1 Å². The van der Waals surface area contributed by atoms with Gasteiger partial charge in [-0.3, -0.25) is 0 Å². The summed E-state index contributed by atoms with van der Waals surface area (Å²) in [7, 11) is 3.78. The molecule has 3 aromatic rings. The van der Waals surface area contributed by atoms with Crippen molar-refractivity contribution in [3.8, 4) is 11.5 Å². The number of benzene rings is 2. The predicted octanol–water partition coefficient (Wildman–Crippen LogP) is 3.28. The number of rotatable bonds is 4. The molecule has 1 atom stereocenters. The van der Waals surface area contributed by atoms with Crippen LogP contribution in [0.4, 0.5) is 0 Å². The Balaban J connectivity index is 1.49. The monoisotopic (exact) mass is 322 g/mol. The number of fused-ring (bicyclic) bond motifs is 2. The second-order valence-electron chi connectivity index (χ2n) is 6.32. The zero-order chi connectivity index (χ0) is 16.5. The Morgan fingerprint density at radius 2 is 2.08 bits per heavy atom. The van der Waals surface area contributed by atoms with Gasteiger partial charge in [-0.25, -0.2) is 0 Å². The Morgan fingerprint density at radius 3 is 2.96 bits per heavy atom. The van der Waals surface area contributed by atoms with Crippen molar-refractivity contribution in [3.05, 3.63) is 59.8 Å². The fourth-order valence-corrected chi connectivity index (χ4v) is 3.51. The van der Waals surface area contributed by atoms with E-state index in [0.29, 0.717) is 12.6 Å². The topological polar surface area (TPSA) is 35.4 Å². The Bertz CT molecular complexity index is 869. The summed E-state index contributed by atoms with van der Waals surface area (Å²) < 4.78 is 13.5. The molecule has 0 amide bonds. The van der Waals surface area contributed by atoms with Crippen LogP contribution in [0.5, 0.6) is 11.5 Å². The second kappa shape index (κ2) is 6.21. The van der Waals surface area contributed by atoms with Crippen molar-refractivity contribution < 1.29 is 9.47 Å². The number of aromatic nitrogens is 1. The maximum absolute atomic E-state index is 5.95. The summed E-state index contributed by atoms with van der Waals surface area (Å²) in [6.45, 7) is 1.51. The fourth-order valence-electron chi connectivity index (χ4n) is 3.51. The summed E-state index contributed by atoms with van der Waals surface area (Å²) in [6.07, 6.45) is 3.16. The highest BCUT2D eigenvalue weighted by molar-refractivity contribution is 5.83. The predicted molar refractivity (Wildman–Crippen MR) is 95.7 cm³/mol. The van der Waals surface area contributed by atoms with Crippen molar-refractivity contribution in [1.29, 1.82) is 0 Å². The van der Waals surface area contributed by atoms with Gasteiger partial charge in [0, 0.05) is 36.7 Å². The van der Waals surface area contributed by atoms with Crippen LogP contribution in [0.3, 0.4) is 0 Å². The summed E-state index contributed by atoms with van der Waals surface area (Å²) in [5, 5.41) is 4.95. The van der Waals surface area contributed by atoms with Crippen molar-refractivity contribution in [2.45, 2.75) is 19.0 Å². The molecule has 124 valence electrons. The van der Waals surface area contributed by atoms with Gasteiger partial charge in [0.05, 0.1) is 7.11 Å². The quantitative estimate of drug-likeness (QED) is 0.801. The zero-order valence-corrected chi connectivity index (χ0v) is 14.1. The van der Waals surface area contributed by atoms with Crippen molar-refractivity contribution in [2.24, 2.45) is 7.05 Å². The van der Waals surface area contributed by atoms with E-state index in [1.165, 1.54) is 22.0 Å². The molecule has 0 spiro atoms. The maximum Gasteiger partial charge on any atom is 0.164 e. The summed E-state index contributed by atoms with van der Waals surface area (Å²) in [6, 6.07) is 14.9. The minimum Gasteiger partial charge on any atom is -0.493 e. The smallest absolute Gasteiger partial charge is 0.164 e. The summed E-state index contributed by atoms with van der Waals surface area (Å²) in [4.78, 5) is 0. The number of nitrogens with one attached hydrogen (secondary N) is 1. The van der Waals surface area contributed by atoms with Gasteiger partial charge in [0.25, 0.3) is 0 Å². The highest BCUT2D eigenvalue weighted by Gasteiger charge is 2.22. The van der Waals surface area contributed by atoms with Gasteiger partial charge in [-0.15, -0.1) is 0 Å². The lowest BCUT2D eigenvalue weighted by molar-refractivity contribution is 0.227. The second-order valence-corrected chi connectivity index (χ2v) is 6.32. The number of ether oxygens (including phenoxy) is 2. The van der Waals surface area contributed by atoms with E-state index in [2.05, 4.69) is 53.5 Å². The van der Waals surface area contributed by atoms with Crippen molar-refractivity contribution in [1.82, 2.24) is 9.88 Å². The third kappa shape index (κ3) is 2.63. The van der Waals surface area contributed by atoms with Gasteiger partial charge in [-0.1, -0.05) is 30.3 Å². The van der Waals surface area contributed by atoms with E-state index in [4.69, 9.17) is 9.47 Å². The molecule has 2 aromatic carbocycles. The molecule has 0 saturated carbocycles. The first-order chi connectivity index (χ1) is 11.8. The molecule has 0 fully saturated rings. The van der Waals surface area contributed by atoms with Gasteiger partial charge in [0.15, 0.2) is 11.5 Å². The molecule has 1 N–H and O–H groups in total. The molecule has 4 rings (SSSR count). The number of aryl methyl sites for hydroxylation is 1. The average Bonchev–Trinajstić information content (AvgIpc) is 2.95. The van der Waals surface area contributed by atoms with Gasteiger partial charge in [0.1, 0.15) is 6.61 Å². The van der Waals surface area contributed by atoms with Gasteiger partial charge in [-0.2, -0.15) is 0 Å². The number of hydrogen-bond donors (Lipinski definition) is 1. The molecule has 4 nitrogen and oxygen atoms in total. The lowest BCUT2D eigenvalue weighted by Gasteiger charge is -2.27. The molecule has 1 aliphatic heterocycles. The van der Waals surface area contributed by atoms with Crippen LogP contribution in [0.1, 0.15) is 11.1 Å². The van der Waals surface area contributed by atoms with Crippen LogP contribution in [-0.2, 0) is 20.0 Å². The molecule has 1 aromatic heterocycles. The van der Waals surface area contributed by atoms with Gasteiger partial charge in [0.2, 0.25) is 0 Å². The van der Waals surface area contributed by atoms with E-state index in [0.717, 1.165) is 24.5 Å². The zero-order valence-electron chi connectivity index (χ0n) is 14.1. The summed E-state index contributed by atoms with van der Waals surface area (Å²) >= 11 is 0. The van der Waals surface area contributed by atoms with Crippen LogP contribution in [0.25, 0.3) is 10.9 Å². The SMILES string of the molecule is COc1cccc2c1OCC(NCc1cn(C)c3ccccc13)C2. The fraction of sp³-hybridized carbons (Fsp3) is 0.300. The standard InChI is InChI=1S/C20H22N2O2/c1-22-12-15(17-7-3-4-8-18(17)22)11-21-16-10-14-6-5-9-19(23-2)20(14)24-13-16/h3-9,12,16,21H,10-11,13H2,1-2H3. The maximum atomic E-state index is 5.95. The number of para-hydroxylation sites is 2.